The molecule has 0 aliphatic carbocycles. The Labute approximate surface area is 120 Å². The average molecular weight is 295 g/mol. The topological polar surface area (TPSA) is 71.2 Å². The molecule has 0 saturated heterocycles. The molecule has 2 aromatic rings. The number of rotatable bonds is 3. The summed E-state index contributed by atoms with van der Waals surface area (Å²) in [4.78, 5) is 17.5. The first-order valence-corrected chi connectivity index (χ1v) is 6.08. The van der Waals surface area contributed by atoms with Gasteiger partial charge in [-0.1, -0.05) is 23.7 Å². The molecule has 0 spiro atoms. The number of para-hydroxylation sites is 1. The van der Waals surface area contributed by atoms with Gasteiger partial charge in [0.2, 0.25) is 0 Å². The van der Waals surface area contributed by atoms with E-state index in [4.69, 9.17) is 17.4 Å². The van der Waals surface area contributed by atoms with Crippen LogP contribution in [0.1, 0.15) is 10.5 Å². The maximum absolute atomic E-state index is 13.7. The third-order valence-electron chi connectivity index (χ3n) is 2.71. The fraction of sp³-hybridized carbons (Fsp3) is 0.0769. The standard InChI is InChI=1S/C13H12ClFN4O/c1-19(10-5-3-2-4-9(10)15)13(20)12-8(14)6-7-11(17-12)18-16/h2-7H,16H2,1H3,(H,17,18). The number of nitrogens with one attached hydrogen (secondary N) is 1. The molecule has 0 bridgehead atoms. The fourth-order valence-electron chi connectivity index (χ4n) is 1.66. The molecule has 5 nitrogen and oxygen atoms in total. The lowest BCUT2D eigenvalue weighted by Gasteiger charge is -2.18. The Morgan fingerprint density at radius 1 is 1.35 bits per heavy atom. The highest BCUT2D eigenvalue weighted by atomic mass is 35.5. The number of benzene rings is 1. The third kappa shape index (κ3) is 2.71. The van der Waals surface area contributed by atoms with Crippen LogP contribution in [0, 0.1) is 5.82 Å². The van der Waals surface area contributed by atoms with Crippen LogP contribution in [0.5, 0.6) is 0 Å². The number of nitrogens with two attached hydrogens (primary N) is 1. The molecule has 104 valence electrons. The summed E-state index contributed by atoms with van der Waals surface area (Å²) >= 11 is 5.95. The van der Waals surface area contributed by atoms with Crippen molar-refractivity contribution in [1.82, 2.24) is 4.98 Å². The number of anilines is 2. The number of pyridine rings is 1. The highest BCUT2D eigenvalue weighted by Gasteiger charge is 2.20. The van der Waals surface area contributed by atoms with Gasteiger partial charge in [-0.15, -0.1) is 0 Å². The number of amides is 1. The van der Waals surface area contributed by atoms with Crippen LogP contribution in [0.4, 0.5) is 15.9 Å². The molecule has 0 saturated carbocycles. The number of aromatic nitrogens is 1. The van der Waals surface area contributed by atoms with E-state index >= 15 is 0 Å². The summed E-state index contributed by atoms with van der Waals surface area (Å²) in [7, 11) is 1.45. The van der Waals surface area contributed by atoms with Crippen LogP contribution in [0.25, 0.3) is 0 Å². The molecule has 0 unspecified atom stereocenters. The predicted molar refractivity (Wildman–Crippen MR) is 76.2 cm³/mol. The first kappa shape index (κ1) is 14.2. The highest BCUT2D eigenvalue weighted by Crippen LogP contribution is 2.22. The summed E-state index contributed by atoms with van der Waals surface area (Å²) in [5, 5.41) is 0.164. The number of hydrogen-bond acceptors (Lipinski definition) is 4. The van der Waals surface area contributed by atoms with Crippen LogP contribution in [-0.4, -0.2) is 17.9 Å². The highest BCUT2D eigenvalue weighted by molar-refractivity contribution is 6.34. The van der Waals surface area contributed by atoms with Crippen molar-refractivity contribution in [2.45, 2.75) is 0 Å². The minimum absolute atomic E-state index is 0.00660. The summed E-state index contributed by atoms with van der Waals surface area (Å²) < 4.78 is 13.7. The minimum atomic E-state index is -0.530. The molecular formula is C13H12ClFN4O. The maximum atomic E-state index is 13.7. The second-order valence-electron chi connectivity index (χ2n) is 3.99. The van der Waals surface area contributed by atoms with Crippen LogP contribution in [0.2, 0.25) is 5.02 Å². The predicted octanol–water partition coefficient (Wildman–Crippen LogP) is 2.44. The SMILES string of the molecule is CN(C(=O)c1nc(NN)ccc1Cl)c1ccccc1F. The molecular weight excluding hydrogens is 283 g/mol. The number of carbonyl (C=O) groups excluding carboxylic acids is 1. The number of hydrazine groups is 1. The van der Waals surface area contributed by atoms with E-state index in [1.807, 2.05) is 0 Å². The average Bonchev–Trinajstić information content (AvgIpc) is 2.47. The molecule has 0 aliphatic heterocycles. The Hall–Kier alpha value is -2.18. The van der Waals surface area contributed by atoms with Crippen LogP contribution in [-0.2, 0) is 0 Å². The van der Waals surface area contributed by atoms with Gasteiger partial charge in [0.1, 0.15) is 17.3 Å². The van der Waals surface area contributed by atoms with E-state index in [-0.39, 0.29) is 16.4 Å². The summed E-state index contributed by atoms with van der Waals surface area (Å²) in [6.45, 7) is 0. The van der Waals surface area contributed by atoms with Crippen LogP contribution >= 0.6 is 11.6 Å². The smallest absolute Gasteiger partial charge is 0.278 e. The van der Waals surface area contributed by atoms with Crippen molar-refractivity contribution in [3.63, 3.8) is 0 Å². The number of halogens is 2. The fourth-order valence-corrected chi connectivity index (χ4v) is 1.85. The van der Waals surface area contributed by atoms with Gasteiger partial charge in [-0.3, -0.25) is 4.79 Å². The van der Waals surface area contributed by atoms with Crippen LogP contribution < -0.4 is 16.2 Å². The van der Waals surface area contributed by atoms with E-state index in [0.717, 1.165) is 4.90 Å². The lowest BCUT2D eigenvalue weighted by atomic mass is 10.2. The Bertz CT molecular complexity index is 650. The third-order valence-corrected chi connectivity index (χ3v) is 3.02. The van der Waals surface area contributed by atoms with Gasteiger partial charge in [-0.25, -0.2) is 15.2 Å². The van der Waals surface area contributed by atoms with Crippen molar-refractivity contribution in [2.24, 2.45) is 5.84 Å². The quantitative estimate of drug-likeness (QED) is 0.674. The van der Waals surface area contributed by atoms with E-state index in [1.165, 1.54) is 31.3 Å². The van der Waals surface area contributed by atoms with Crippen molar-refractivity contribution in [1.29, 1.82) is 0 Å². The molecule has 20 heavy (non-hydrogen) atoms. The summed E-state index contributed by atoms with van der Waals surface area (Å²) in [5.74, 6) is 4.49. The van der Waals surface area contributed by atoms with Gasteiger partial charge in [0, 0.05) is 7.05 Å². The molecule has 1 amide bonds. The zero-order chi connectivity index (χ0) is 14.7. The van der Waals surface area contributed by atoms with Gasteiger partial charge in [0.25, 0.3) is 5.91 Å². The molecule has 1 aromatic carbocycles. The number of hydrogen-bond donors (Lipinski definition) is 2. The molecule has 3 N–H and O–H groups in total. The van der Waals surface area contributed by atoms with Crippen molar-refractivity contribution in [3.8, 4) is 0 Å². The largest absolute Gasteiger partial charge is 0.308 e. The first-order chi connectivity index (χ1) is 9.54. The molecule has 1 aromatic heterocycles. The number of carbonyl (C=O) groups is 1. The van der Waals surface area contributed by atoms with Gasteiger partial charge in [0.05, 0.1) is 10.7 Å². The zero-order valence-corrected chi connectivity index (χ0v) is 11.4. The van der Waals surface area contributed by atoms with Gasteiger partial charge < -0.3 is 10.3 Å². The van der Waals surface area contributed by atoms with Gasteiger partial charge in [-0.2, -0.15) is 0 Å². The Kier molecular flexibility index (Phi) is 4.16. The summed E-state index contributed by atoms with van der Waals surface area (Å²) in [5.41, 5.74) is 2.46. The van der Waals surface area contributed by atoms with Gasteiger partial charge >= 0.3 is 0 Å². The minimum Gasteiger partial charge on any atom is -0.308 e. The Morgan fingerprint density at radius 2 is 2.05 bits per heavy atom. The first-order valence-electron chi connectivity index (χ1n) is 5.70. The Balaban J connectivity index is 2.39. The number of nitrogen functional groups attached to an aromatic ring is 1. The lowest BCUT2D eigenvalue weighted by molar-refractivity contribution is 0.0987. The maximum Gasteiger partial charge on any atom is 0.278 e. The molecule has 0 aliphatic rings. The molecule has 0 atom stereocenters. The number of nitrogens with zero attached hydrogens (tertiary/aromatic N) is 2. The molecule has 0 radical (unpaired) electrons. The van der Waals surface area contributed by atoms with E-state index < -0.39 is 11.7 Å². The summed E-state index contributed by atoms with van der Waals surface area (Å²) in [6, 6.07) is 8.96. The molecule has 7 heteroatoms. The molecule has 2 rings (SSSR count). The van der Waals surface area contributed by atoms with Gasteiger partial charge in [0.15, 0.2) is 0 Å². The molecule has 0 fully saturated rings. The van der Waals surface area contributed by atoms with Crippen molar-refractivity contribution in [3.05, 3.63) is 52.9 Å². The van der Waals surface area contributed by atoms with Crippen molar-refractivity contribution < 1.29 is 9.18 Å². The van der Waals surface area contributed by atoms with E-state index in [2.05, 4.69) is 10.4 Å². The molecule has 1 heterocycles. The van der Waals surface area contributed by atoms with E-state index in [0.29, 0.717) is 5.82 Å². The van der Waals surface area contributed by atoms with Crippen LogP contribution in [0.15, 0.2) is 36.4 Å². The normalized spacial score (nSPS) is 10.2. The van der Waals surface area contributed by atoms with Gasteiger partial charge in [-0.05, 0) is 24.3 Å². The van der Waals surface area contributed by atoms with Crippen molar-refractivity contribution in [2.75, 3.05) is 17.4 Å². The second kappa shape index (κ2) is 5.85. The van der Waals surface area contributed by atoms with E-state index in [1.54, 1.807) is 12.1 Å². The monoisotopic (exact) mass is 294 g/mol. The zero-order valence-electron chi connectivity index (χ0n) is 10.6. The van der Waals surface area contributed by atoms with Crippen LogP contribution in [0.3, 0.4) is 0 Å². The van der Waals surface area contributed by atoms with Crippen molar-refractivity contribution >= 4 is 29.0 Å². The second-order valence-corrected chi connectivity index (χ2v) is 4.39. The Morgan fingerprint density at radius 3 is 2.70 bits per heavy atom. The van der Waals surface area contributed by atoms with E-state index in [9.17, 15) is 9.18 Å². The lowest BCUT2D eigenvalue weighted by Crippen LogP contribution is -2.28. The summed E-state index contributed by atoms with van der Waals surface area (Å²) in [6.07, 6.45) is 0.